The molecule has 1 saturated carbocycles. The van der Waals surface area contributed by atoms with Gasteiger partial charge in [0.15, 0.2) is 0 Å². The maximum absolute atomic E-state index is 13.5. The summed E-state index contributed by atoms with van der Waals surface area (Å²) in [5, 5.41) is 10.3. The normalized spacial score (nSPS) is 21.3. The molecule has 0 radical (unpaired) electrons. The Morgan fingerprint density at radius 2 is 1.71 bits per heavy atom. The minimum atomic E-state index is -0.860. The molecule has 1 amide bonds. The summed E-state index contributed by atoms with van der Waals surface area (Å²) in [6.07, 6.45) is 3.29. The smallest absolute Gasteiger partial charge is 0.254 e. The predicted molar refractivity (Wildman–Crippen MR) is 136 cm³/mol. The number of aromatic nitrogens is 2. The zero-order chi connectivity index (χ0) is 24.1. The topological polar surface area (TPSA) is 58.4 Å². The molecular weight excluding hydrogens is 434 g/mol. The second-order valence-electron chi connectivity index (χ2n) is 10.9. The molecule has 1 fully saturated rings. The number of imidazole rings is 1. The second-order valence-corrected chi connectivity index (χ2v) is 10.9. The Balaban J connectivity index is 1.41. The average Bonchev–Trinajstić information content (AvgIpc) is 3.56. The Hall–Kier alpha value is -3.44. The zero-order valence-corrected chi connectivity index (χ0v) is 20.3. The lowest BCUT2D eigenvalue weighted by Crippen LogP contribution is -2.30. The van der Waals surface area contributed by atoms with Gasteiger partial charge < -0.3 is 14.6 Å². The van der Waals surface area contributed by atoms with Crippen molar-refractivity contribution in [1.29, 1.82) is 0 Å². The molecule has 0 unspecified atom stereocenters. The molecule has 3 heterocycles. The average molecular weight is 464 g/mol. The highest BCUT2D eigenvalue weighted by Gasteiger charge is 2.45. The van der Waals surface area contributed by atoms with Crippen molar-refractivity contribution < 1.29 is 9.90 Å². The number of nitrogens with zero attached hydrogens (tertiary/aromatic N) is 3. The summed E-state index contributed by atoms with van der Waals surface area (Å²) in [4.78, 5) is 20.4. The van der Waals surface area contributed by atoms with Crippen molar-refractivity contribution in [3.63, 3.8) is 0 Å². The van der Waals surface area contributed by atoms with Gasteiger partial charge in [0.05, 0.1) is 28.7 Å². The Bertz CT molecular complexity index is 1510. The van der Waals surface area contributed by atoms with E-state index in [4.69, 9.17) is 4.98 Å². The van der Waals surface area contributed by atoms with Crippen LogP contribution in [0.4, 0.5) is 0 Å². The van der Waals surface area contributed by atoms with E-state index < -0.39 is 5.60 Å². The molecule has 35 heavy (non-hydrogen) atoms. The van der Waals surface area contributed by atoms with E-state index in [1.165, 1.54) is 24.0 Å². The predicted octanol–water partition coefficient (Wildman–Crippen LogP) is 5.93. The van der Waals surface area contributed by atoms with Crippen LogP contribution in [0.5, 0.6) is 0 Å². The van der Waals surface area contributed by atoms with Crippen LogP contribution in [0.25, 0.3) is 22.2 Å². The Kier molecular flexibility index (Phi) is 4.21. The fraction of sp³-hybridized carbons (Fsp3) is 0.333. The van der Waals surface area contributed by atoms with E-state index in [2.05, 4.69) is 47.0 Å². The van der Waals surface area contributed by atoms with Gasteiger partial charge in [-0.05, 0) is 78.6 Å². The van der Waals surface area contributed by atoms with E-state index in [-0.39, 0.29) is 18.0 Å². The molecule has 4 aromatic rings. The number of fused-ring (bicyclic) bond motifs is 9. The number of hydrogen-bond donors (Lipinski definition) is 1. The van der Waals surface area contributed by atoms with Crippen LogP contribution < -0.4 is 0 Å². The van der Waals surface area contributed by atoms with Crippen LogP contribution in [-0.2, 0) is 5.60 Å². The van der Waals surface area contributed by atoms with Crippen LogP contribution in [0.1, 0.15) is 84.0 Å². The number of rotatable bonds is 3. The summed E-state index contributed by atoms with van der Waals surface area (Å²) in [6.45, 7) is 3.61. The van der Waals surface area contributed by atoms with Gasteiger partial charge >= 0.3 is 0 Å². The fourth-order valence-electron chi connectivity index (χ4n) is 6.15. The van der Waals surface area contributed by atoms with E-state index in [1.54, 1.807) is 13.8 Å². The summed E-state index contributed by atoms with van der Waals surface area (Å²) < 4.78 is 2.41. The third-order valence-corrected chi connectivity index (χ3v) is 8.21. The fourth-order valence-corrected chi connectivity index (χ4v) is 6.15. The van der Waals surface area contributed by atoms with Crippen molar-refractivity contribution in [3.8, 4) is 11.1 Å². The Morgan fingerprint density at radius 3 is 2.43 bits per heavy atom. The third kappa shape index (κ3) is 3.04. The van der Waals surface area contributed by atoms with Gasteiger partial charge in [0.2, 0.25) is 0 Å². The first-order valence-corrected chi connectivity index (χ1v) is 12.6. The number of amides is 1. The van der Waals surface area contributed by atoms with Gasteiger partial charge in [-0.25, -0.2) is 4.98 Å². The molecule has 0 spiro atoms. The van der Waals surface area contributed by atoms with Gasteiger partial charge in [-0.15, -0.1) is 0 Å². The Morgan fingerprint density at radius 1 is 0.971 bits per heavy atom. The van der Waals surface area contributed by atoms with Crippen molar-refractivity contribution >= 4 is 16.9 Å². The lowest BCUT2D eigenvalue weighted by molar-refractivity contribution is 0.0733. The van der Waals surface area contributed by atoms with E-state index in [9.17, 15) is 9.90 Å². The van der Waals surface area contributed by atoms with Crippen LogP contribution >= 0.6 is 0 Å². The van der Waals surface area contributed by atoms with Gasteiger partial charge in [0.25, 0.3) is 5.91 Å². The number of carbonyl (C=O) groups excluding carboxylic acids is 1. The van der Waals surface area contributed by atoms with Crippen LogP contribution in [-0.4, -0.2) is 32.5 Å². The molecule has 1 aromatic heterocycles. The molecule has 2 atom stereocenters. The van der Waals surface area contributed by atoms with E-state index in [0.717, 1.165) is 45.5 Å². The molecule has 0 saturated heterocycles. The summed E-state index contributed by atoms with van der Waals surface area (Å²) in [5.74, 6) is 1.68. The minimum absolute atomic E-state index is 0.0196. The molecular formula is C30H29N3O2. The summed E-state index contributed by atoms with van der Waals surface area (Å²) >= 11 is 0. The van der Waals surface area contributed by atoms with Crippen molar-refractivity contribution in [2.24, 2.45) is 0 Å². The Labute approximate surface area is 205 Å². The van der Waals surface area contributed by atoms with Crippen LogP contribution in [0.3, 0.4) is 0 Å². The minimum Gasteiger partial charge on any atom is -0.386 e. The van der Waals surface area contributed by atoms with E-state index in [0.29, 0.717) is 5.92 Å². The second kappa shape index (κ2) is 7.05. The quantitative estimate of drug-likeness (QED) is 0.410. The molecule has 1 aliphatic carbocycles. The summed E-state index contributed by atoms with van der Waals surface area (Å²) in [5.41, 5.74) is 7.79. The molecule has 3 aliphatic rings. The highest BCUT2D eigenvalue weighted by Crippen LogP contribution is 2.52. The van der Waals surface area contributed by atoms with E-state index in [1.807, 2.05) is 30.1 Å². The lowest BCUT2D eigenvalue weighted by Gasteiger charge is -2.25. The van der Waals surface area contributed by atoms with Crippen molar-refractivity contribution in [3.05, 3.63) is 88.7 Å². The van der Waals surface area contributed by atoms with Crippen LogP contribution in [0.2, 0.25) is 0 Å². The van der Waals surface area contributed by atoms with Gasteiger partial charge in [0, 0.05) is 19.0 Å². The van der Waals surface area contributed by atoms with Crippen molar-refractivity contribution in [2.45, 2.75) is 56.7 Å². The standard InChI is InChI=1S/C30H29N3O2/c1-30(2,35)20-12-9-17(10-13-20)19-11-14-23-24(15-19)33-25-16-26(28(33)31-23)32(3)29(34)22-6-4-5-21(27(22)25)18-7-8-18/h4-6,9-15,18,25-26,35H,7-8,16H2,1-3H3/t25-,26-/m1/s1. The molecule has 176 valence electrons. The number of benzene rings is 3. The molecule has 2 aliphatic heterocycles. The van der Waals surface area contributed by atoms with E-state index >= 15 is 0 Å². The molecule has 2 bridgehead atoms. The highest BCUT2D eigenvalue weighted by atomic mass is 16.3. The number of hydrogen-bond acceptors (Lipinski definition) is 3. The molecule has 5 heteroatoms. The van der Waals surface area contributed by atoms with Gasteiger partial charge in [-0.2, -0.15) is 0 Å². The van der Waals surface area contributed by atoms with Crippen molar-refractivity contribution in [1.82, 2.24) is 14.5 Å². The first-order chi connectivity index (χ1) is 16.8. The summed E-state index contributed by atoms with van der Waals surface area (Å²) in [7, 11) is 1.92. The molecule has 7 rings (SSSR count). The monoisotopic (exact) mass is 463 g/mol. The van der Waals surface area contributed by atoms with Gasteiger partial charge in [-0.1, -0.05) is 42.5 Å². The summed E-state index contributed by atoms with van der Waals surface area (Å²) in [6, 6.07) is 21.0. The maximum Gasteiger partial charge on any atom is 0.254 e. The molecule has 5 nitrogen and oxygen atoms in total. The van der Waals surface area contributed by atoms with Gasteiger partial charge in [0.1, 0.15) is 5.82 Å². The van der Waals surface area contributed by atoms with Crippen LogP contribution in [0.15, 0.2) is 60.7 Å². The zero-order valence-electron chi connectivity index (χ0n) is 20.3. The maximum atomic E-state index is 13.5. The lowest BCUT2D eigenvalue weighted by atomic mass is 9.91. The first-order valence-electron chi connectivity index (χ1n) is 12.6. The van der Waals surface area contributed by atoms with Crippen LogP contribution in [0, 0.1) is 0 Å². The number of carbonyl (C=O) groups is 1. The SMILES string of the molecule is CN1C(=O)c2cccc(C3CC3)c2[C@H]2C[C@@H]1c1nc3ccc(-c4ccc(C(C)(C)O)cc4)cc3n12. The van der Waals surface area contributed by atoms with Crippen molar-refractivity contribution in [2.75, 3.05) is 7.05 Å². The third-order valence-electron chi connectivity index (χ3n) is 8.21. The highest BCUT2D eigenvalue weighted by molar-refractivity contribution is 5.97. The largest absolute Gasteiger partial charge is 0.386 e. The first kappa shape index (κ1) is 20.9. The number of aliphatic hydroxyl groups is 1. The molecule has 1 N–H and O–H groups in total. The molecule has 3 aromatic carbocycles. The van der Waals surface area contributed by atoms with Gasteiger partial charge in [-0.3, -0.25) is 4.79 Å².